The molecule has 1 fully saturated rings. The molecule has 7 heteroatoms. The summed E-state index contributed by atoms with van der Waals surface area (Å²) in [7, 11) is 1.46. The number of hydrogen-bond donors (Lipinski definition) is 1. The second-order valence-corrected chi connectivity index (χ2v) is 6.30. The molecule has 0 atom stereocenters. The van der Waals surface area contributed by atoms with Crippen LogP contribution in [0.25, 0.3) is 0 Å². The highest BCUT2D eigenvalue weighted by molar-refractivity contribution is 9.09. The normalized spacial score (nSPS) is 21.4. The van der Waals surface area contributed by atoms with E-state index in [1.165, 1.54) is 11.9 Å². The minimum absolute atomic E-state index is 0.301. The lowest BCUT2D eigenvalue weighted by atomic mass is 9.85. The number of carbonyl (C=O) groups excluding carboxylic acids is 1. The number of amides is 1. The van der Waals surface area contributed by atoms with Crippen LogP contribution < -0.4 is 0 Å². The van der Waals surface area contributed by atoms with Gasteiger partial charge in [0, 0.05) is 18.4 Å². The summed E-state index contributed by atoms with van der Waals surface area (Å²) in [5.41, 5.74) is -0.668. The van der Waals surface area contributed by atoms with Crippen molar-refractivity contribution in [2.45, 2.75) is 17.7 Å². The Hall–Kier alpha value is -1.24. The van der Waals surface area contributed by atoms with Crippen LogP contribution in [0.1, 0.15) is 23.2 Å². The van der Waals surface area contributed by atoms with Crippen LogP contribution in [0.3, 0.4) is 0 Å². The molecule has 0 spiro atoms. The highest BCUT2D eigenvalue weighted by Crippen LogP contribution is 2.34. The smallest absolute Gasteiger partial charge is 0.256 e. The molecule has 0 heterocycles. The molecule has 2 rings (SSSR count). The van der Waals surface area contributed by atoms with Gasteiger partial charge in [-0.1, -0.05) is 15.9 Å². The summed E-state index contributed by atoms with van der Waals surface area (Å²) < 4.78 is 39.8. The molecule has 1 aromatic rings. The average molecular weight is 352 g/mol. The molecule has 110 valence electrons. The summed E-state index contributed by atoms with van der Waals surface area (Å²) in [6.45, 7) is 0.403. The summed E-state index contributed by atoms with van der Waals surface area (Å²) in [6.07, 6.45) is 1.81. The van der Waals surface area contributed by atoms with E-state index in [0.29, 0.717) is 23.4 Å². The van der Waals surface area contributed by atoms with Crippen LogP contribution in [0.5, 0.6) is 5.75 Å². The Kier molecular flexibility index (Phi) is 4.27. The molecular formula is C13H13BrF3NO2. The minimum Gasteiger partial charge on any atom is -0.503 e. The fourth-order valence-corrected chi connectivity index (χ4v) is 3.28. The molecule has 1 saturated carbocycles. The van der Waals surface area contributed by atoms with Gasteiger partial charge in [0.25, 0.3) is 5.91 Å². The Morgan fingerprint density at radius 1 is 1.40 bits per heavy atom. The first kappa shape index (κ1) is 15.2. The lowest BCUT2D eigenvalue weighted by Crippen LogP contribution is -2.38. The van der Waals surface area contributed by atoms with Crippen molar-refractivity contribution in [1.82, 2.24) is 4.90 Å². The molecule has 1 aliphatic rings. The van der Waals surface area contributed by atoms with Gasteiger partial charge in [-0.15, -0.1) is 0 Å². The largest absolute Gasteiger partial charge is 0.503 e. The average Bonchev–Trinajstić information content (AvgIpc) is 2.37. The first-order valence-electron chi connectivity index (χ1n) is 6.07. The van der Waals surface area contributed by atoms with E-state index >= 15 is 0 Å². The maximum absolute atomic E-state index is 13.6. The fourth-order valence-electron chi connectivity index (χ4n) is 2.23. The topological polar surface area (TPSA) is 40.5 Å². The molecule has 0 aliphatic heterocycles. The van der Waals surface area contributed by atoms with E-state index in [1.54, 1.807) is 0 Å². The molecule has 0 unspecified atom stereocenters. The highest BCUT2D eigenvalue weighted by Gasteiger charge is 2.30. The third kappa shape index (κ3) is 2.77. The molecular weight excluding hydrogens is 339 g/mol. The summed E-state index contributed by atoms with van der Waals surface area (Å²) >= 11 is 3.42. The fraction of sp³-hybridized carbons (Fsp3) is 0.462. The van der Waals surface area contributed by atoms with E-state index in [9.17, 15) is 18.0 Å². The van der Waals surface area contributed by atoms with Gasteiger partial charge in [-0.05, 0) is 24.8 Å². The Morgan fingerprint density at radius 3 is 2.55 bits per heavy atom. The van der Waals surface area contributed by atoms with Crippen molar-refractivity contribution in [1.29, 1.82) is 0 Å². The number of alkyl halides is 1. The first-order chi connectivity index (χ1) is 9.31. The zero-order valence-corrected chi connectivity index (χ0v) is 12.3. The summed E-state index contributed by atoms with van der Waals surface area (Å²) in [5, 5.41) is 9.11. The minimum atomic E-state index is -1.69. The molecule has 1 aromatic carbocycles. The standard InChI is InChI=1S/C13H13BrF3NO2/c1-18(5-6-2-7(14)3-6)13(20)8-4-9(15)11(17)12(19)10(8)16/h4,6-7,19H,2-3,5H2,1H3. The van der Waals surface area contributed by atoms with E-state index in [1.807, 2.05) is 0 Å². The number of carbonyl (C=O) groups is 1. The Bertz CT molecular complexity index is 547. The van der Waals surface area contributed by atoms with Gasteiger partial charge in [0.1, 0.15) is 0 Å². The van der Waals surface area contributed by atoms with Crippen molar-refractivity contribution in [3.05, 3.63) is 29.1 Å². The van der Waals surface area contributed by atoms with E-state index in [2.05, 4.69) is 15.9 Å². The Balaban J connectivity index is 2.16. The highest BCUT2D eigenvalue weighted by atomic mass is 79.9. The number of rotatable bonds is 3. The second kappa shape index (κ2) is 5.63. The van der Waals surface area contributed by atoms with Crippen LogP contribution >= 0.6 is 15.9 Å². The molecule has 0 radical (unpaired) electrons. The SMILES string of the molecule is CN(CC1CC(Br)C1)C(=O)c1cc(F)c(F)c(O)c1F. The zero-order valence-electron chi connectivity index (χ0n) is 10.7. The summed E-state index contributed by atoms with van der Waals surface area (Å²) in [5.74, 6) is -6.53. The maximum atomic E-state index is 13.6. The van der Waals surface area contributed by atoms with Crippen molar-refractivity contribution < 1.29 is 23.1 Å². The molecule has 0 saturated heterocycles. The monoisotopic (exact) mass is 351 g/mol. The number of aromatic hydroxyl groups is 1. The van der Waals surface area contributed by atoms with Crippen molar-refractivity contribution in [2.75, 3.05) is 13.6 Å². The lowest BCUT2D eigenvalue weighted by Gasteiger charge is -2.34. The lowest BCUT2D eigenvalue weighted by molar-refractivity contribution is 0.0742. The molecule has 3 nitrogen and oxygen atoms in total. The second-order valence-electron chi connectivity index (χ2n) is 5.00. The number of benzene rings is 1. The molecule has 1 amide bonds. The van der Waals surface area contributed by atoms with Crippen molar-refractivity contribution in [3.8, 4) is 5.75 Å². The third-order valence-electron chi connectivity index (χ3n) is 3.42. The van der Waals surface area contributed by atoms with Gasteiger partial charge in [0.15, 0.2) is 17.4 Å². The third-order valence-corrected chi connectivity index (χ3v) is 4.17. The predicted octanol–water partition coefficient (Wildman–Crippen LogP) is 3.06. The van der Waals surface area contributed by atoms with Gasteiger partial charge < -0.3 is 10.0 Å². The van der Waals surface area contributed by atoms with Crippen LogP contribution in [0.2, 0.25) is 0 Å². The quantitative estimate of drug-likeness (QED) is 0.671. The number of phenolic OH excluding ortho intramolecular Hbond substituents is 1. The Labute approximate surface area is 122 Å². The molecule has 0 bridgehead atoms. The number of halogens is 4. The predicted molar refractivity (Wildman–Crippen MR) is 70.4 cm³/mol. The van der Waals surface area contributed by atoms with Crippen molar-refractivity contribution >= 4 is 21.8 Å². The first-order valence-corrected chi connectivity index (χ1v) is 6.98. The van der Waals surface area contributed by atoms with E-state index in [0.717, 1.165) is 12.8 Å². The van der Waals surface area contributed by atoms with E-state index in [4.69, 9.17) is 5.11 Å². The maximum Gasteiger partial charge on any atom is 0.256 e. The van der Waals surface area contributed by atoms with Gasteiger partial charge in [-0.25, -0.2) is 8.78 Å². The van der Waals surface area contributed by atoms with Gasteiger partial charge in [-0.2, -0.15) is 4.39 Å². The van der Waals surface area contributed by atoms with Crippen molar-refractivity contribution in [2.24, 2.45) is 5.92 Å². The van der Waals surface area contributed by atoms with Crippen LogP contribution in [0.15, 0.2) is 6.07 Å². The van der Waals surface area contributed by atoms with Gasteiger partial charge >= 0.3 is 0 Å². The van der Waals surface area contributed by atoms with Crippen LogP contribution in [-0.2, 0) is 0 Å². The van der Waals surface area contributed by atoms with Gasteiger partial charge in [0.05, 0.1) is 5.56 Å². The number of hydrogen-bond acceptors (Lipinski definition) is 2. The Morgan fingerprint density at radius 2 is 2.00 bits per heavy atom. The van der Waals surface area contributed by atoms with Gasteiger partial charge in [0.2, 0.25) is 5.82 Å². The van der Waals surface area contributed by atoms with E-state index in [-0.39, 0.29) is 0 Å². The zero-order chi connectivity index (χ0) is 15.0. The van der Waals surface area contributed by atoms with Crippen LogP contribution in [0, 0.1) is 23.4 Å². The summed E-state index contributed by atoms with van der Waals surface area (Å²) in [4.78, 5) is 13.7. The van der Waals surface area contributed by atoms with Gasteiger partial charge in [-0.3, -0.25) is 4.79 Å². The van der Waals surface area contributed by atoms with Crippen LogP contribution in [-0.4, -0.2) is 34.3 Å². The molecule has 1 N–H and O–H groups in total. The molecule has 20 heavy (non-hydrogen) atoms. The van der Waals surface area contributed by atoms with Crippen LogP contribution in [0.4, 0.5) is 13.2 Å². The number of phenols is 1. The molecule has 1 aliphatic carbocycles. The van der Waals surface area contributed by atoms with Crippen molar-refractivity contribution in [3.63, 3.8) is 0 Å². The molecule has 0 aromatic heterocycles. The van der Waals surface area contributed by atoms with E-state index < -0.39 is 34.7 Å². The number of nitrogens with zero attached hydrogens (tertiary/aromatic N) is 1. The summed E-state index contributed by atoms with van der Waals surface area (Å²) in [6, 6.07) is 0.470.